The molecule has 1 aliphatic heterocycles. The Labute approximate surface area is 182 Å². The van der Waals surface area contributed by atoms with Crippen molar-refractivity contribution in [3.05, 3.63) is 101 Å². The number of nitrogens with one attached hydrogen (secondary N) is 1. The van der Waals surface area contributed by atoms with E-state index in [2.05, 4.69) is 36.4 Å². The van der Waals surface area contributed by atoms with Gasteiger partial charge in [0, 0.05) is 16.6 Å². The second-order valence-corrected chi connectivity index (χ2v) is 8.18. The summed E-state index contributed by atoms with van der Waals surface area (Å²) >= 11 is 6.06. The Kier molecular flexibility index (Phi) is 5.86. The number of rotatable bonds is 4. The van der Waals surface area contributed by atoms with Gasteiger partial charge >= 0.3 is 6.03 Å². The van der Waals surface area contributed by atoms with Crippen molar-refractivity contribution < 1.29 is 4.79 Å². The fourth-order valence-corrected chi connectivity index (χ4v) is 3.72. The predicted molar refractivity (Wildman–Crippen MR) is 123 cm³/mol. The molecule has 0 aliphatic carbocycles. The van der Waals surface area contributed by atoms with E-state index in [0.717, 1.165) is 22.5 Å². The second-order valence-electron chi connectivity index (χ2n) is 7.74. The molecule has 5 heteroatoms. The number of halogens is 1. The Morgan fingerprint density at radius 2 is 1.67 bits per heavy atom. The lowest BCUT2D eigenvalue weighted by Crippen LogP contribution is -2.30. The van der Waals surface area contributed by atoms with Crippen LogP contribution in [0.1, 0.15) is 42.4 Å². The van der Waals surface area contributed by atoms with Gasteiger partial charge < -0.3 is 5.32 Å². The van der Waals surface area contributed by atoms with Crippen molar-refractivity contribution in [3.8, 4) is 0 Å². The summed E-state index contributed by atoms with van der Waals surface area (Å²) in [6, 6.07) is 25.4. The molecule has 0 aromatic heterocycles. The molecular weight excluding hydrogens is 394 g/mol. The van der Waals surface area contributed by atoms with Gasteiger partial charge in [-0.25, -0.2) is 9.80 Å². The third kappa shape index (κ3) is 4.39. The molecule has 3 aromatic carbocycles. The average Bonchev–Trinajstić information content (AvgIpc) is 3.21. The molecule has 4 nitrogen and oxygen atoms in total. The van der Waals surface area contributed by atoms with Gasteiger partial charge in [0.05, 0.1) is 12.3 Å². The molecule has 1 aliphatic rings. The highest BCUT2D eigenvalue weighted by Gasteiger charge is 2.32. The van der Waals surface area contributed by atoms with Gasteiger partial charge in [-0.15, -0.1) is 0 Å². The highest BCUT2D eigenvalue weighted by molar-refractivity contribution is 6.30. The minimum Gasteiger partial charge on any atom is -0.306 e. The maximum Gasteiger partial charge on any atom is 0.342 e. The standard InChI is InChI=1S/C25H24ClN3O/c1-17(2)18-10-14-22(15-11-18)27-25(30)29-16-23(19-6-4-3-5-7-19)24(28-29)20-8-12-21(26)13-9-20/h3-15,17,23H,16H2,1-2H3,(H,27,30). The van der Waals surface area contributed by atoms with Crippen LogP contribution in [0.3, 0.4) is 0 Å². The lowest BCUT2D eigenvalue weighted by molar-refractivity contribution is 0.218. The van der Waals surface area contributed by atoms with Gasteiger partial charge in [-0.1, -0.05) is 80.0 Å². The first kappa shape index (κ1) is 20.2. The average molecular weight is 418 g/mol. The summed E-state index contributed by atoms with van der Waals surface area (Å²) in [6.45, 7) is 4.78. The van der Waals surface area contributed by atoms with Gasteiger partial charge in [-0.2, -0.15) is 5.10 Å². The van der Waals surface area contributed by atoms with Crippen molar-refractivity contribution in [2.45, 2.75) is 25.7 Å². The SMILES string of the molecule is CC(C)c1ccc(NC(=O)N2CC(c3ccccc3)C(c3ccc(Cl)cc3)=N2)cc1. The number of amides is 2. The Morgan fingerprint density at radius 1 is 1.00 bits per heavy atom. The van der Waals surface area contributed by atoms with E-state index in [1.54, 1.807) is 0 Å². The molecule has 3 aromatic rings. The van der Waals surface area contributed by atoms with Crippen LogP contribution in [0.2, 0.25) is 5.02 Å². The van der Waals surface area contributed by atoms with Gasteiger partial charge in [0.2, 0.25) is 0 Å². The molecule has 4 rings (SSSR count). The summed E-state index contributed by atoms with van der Waals surface area (Å²) in [6.07, 6.45) is 0. The Balaban J connectivity index is 1.58. The molecule has 0 radical (unpaired) electrons. The number of hydrazone groups is 1. The monoisotopic (exact) mass is 417 g/mol. The highest BCUT2D eigenvalue weighted by atomic mass is 35.5. The first-order chi connectivity index (χ1) is 14.5. The maximum atomic E-state index is 12.9. The molecule has 2 amide bonds. The van der Waals surface area contributed by atoms with Crippen LogP contribution in [0, 0.1) is 0 Å². The third-order valence-corrected chi connectivity index (χ3v) is 5.57. The van der Waals surface area contributed by atoms with Crippen molar-refractivity contribution in [1.29, 1.82) is 0 Å². The molecule has 0 saturated heterocycles. The summed E-state index contributed by atoms with van der Waals surface area (Å²) in [7, 11) is 0. The zero-order chi connectivity index (χ0) is 21.1. The summed E-state index contributed by atoms with van der Waals surface area (Å²) in [5.41, 5.74) is 4.95. The van der Waals surface area contributed by atoms with Gasteiger partial charge in [-0.3, -0.25) is 0 Å². The molecule has 1 heterocycles. The summed E-state index contributed by atoms with van der Waals surface area (Å²) in [4.78, 5) is 12.9. The molecule has 0 fully saturated rings. The number of urea groups is 1. The van der Waals surface area contributed by atoms with Crippen molar-refractivity contribution in [2.24, 2.45) is 5.10 Å². The van der Waals surface area contributed by atoms with Gasteiger partial charge in [0.1, 0.15) is 0 Å². The van der Waals surface area contributed by atoms with E-state index in [4.69, 9.17) is 11.6 Å². The van der Waals surface area contributed by atoms with E-state index in [1.807, 2.05) is 66.7 Å². The highest BCUT2D eigenvalue weighted by Crippen LogP contribution is 2.30. The number of carbonyl (C=O) groups excluding carboxylic acids is 1. The van der Waals surface area contributed by atoms with Crippen molar-refractivity contribution >= 4 is 29.0 Å². The van der Waals surface area contributed by atoms with Gasteiger partial charge in [0.25, 0.3) is 0 Å². The largest absolute Gasteiger partial charge is 0.342 e. The molecule has 1 unspecified atom stereocenters. The Hall–Kier alpha value is -3.11. The van der Waals surface area contributed by atoms with E-state index >= 15 is 0 Å². The van der Waals surface area contributed by atoms with Crippen LogP contribution in [0.5, 0.6) is 0 Å². The topological polar surface area (TPSA) is 44.7 Å². The summed E-state index contributed by atoms with van der Waals surface area (Å²) < 4.78 is 0. The van der Waals surface area contributed by atoms with Crippen LogP contribution in [-0.2, 0) is 0 Å². The molecule has 0 saturated carbocycles. The minimum atomic E-state index is -0.239. The van der Waals surface area contributed by atoms with E-state index in [9.17, 15) is 4.79 Å². The Morgan fingerprint density at radius 3 is 2.30 bits per heavy atom. The zero-order valence-corrected chi connectivity index (χ0v) is 17.8. The fourth-order valence-electron chi connectivity index (χ4n) is 3.60. The number of anilines is 1. The second kappa shape index (κ2) is 8.72. The van der Waals surface area contributed by atoms with Gasteiger partial charge in [0.15, 0.2) is 0 Å². The van der Waals surface area contributed by atoms with Crippen molar-refractivity contribution in [3.63, 3.8) is 0 Å². The number of nitrogens with zero attached hydrogens (tertiary/aromatic N) is 2. The maximum absolute atomic E-state index is 12.9. The molecule has 1 atom stereocenters. The lowest BCUT2D eigenvalue weighted by Gasteiger charge is -2.16. The van der Waals surface area contributed by atoms with Crippen LogP contribution in [-0.4, -0.2) is 23.3 Å². The molecule has 0 spiro atoms. The number of hydrogen-bond donors (Lipinski definition) is 1. The summed E-state index contributed by atoms with van der Waals surface area (Å²) in [5, 5.41) is 9.83. The van der Waals surface area contributed by atoms with Gasteiger partial charge in [-0.05, 0) is 46.9 Å². The smallest absolute Gasteiger partial charge is 0.306 e. The van der Waals surface area contributed by atoms with Crippen molar-refractivity contribution in [1.82, 2.24) is 5.01 Å². The van der Waals surface area contributed by atoms with Crippen LogP contribution < -0.4 is 5.32 Å². The predicted octanol–water partition coefficient (Wildman–Crippen LogP) is 6.50. The minimum absolute atomic E-state index is 0.00134. The van der Waals surface area contributed by atoms with Crippen LogP contribution in [0.25, 0.3) is 0 Å². The fraction of sp³-hybridized carbons (Fsp3) is 0.200. The lowest BCUT2D eigenvalue weighted by atomic mass is 9.91. The molecule has 152 valence electrons. The van der Waals surface area contributed by atoms with E-state index in [0.29, 0.717) is 17.5 Å². The van der Waals surface area contributed by atoms with Crippen LogP contribution in [0.15, 0.2) is 84.0 Å². The van der Waals surface area contributed by atoms with Crippen LogP contribution in [0.4, 0.5) is 10.5 Å². The number of benzene rings is 3. The quantitative estimate of drug-likeness (QED) is 0.517. The Bertz CT molecular complexity index is 1040. The van der Waals surface area contributed by atoms with Crippen LogP contribution >= 0.6 is 11.6 Å². The number of hydrogen-bond acceptors (Lipinski definition) is 2. The first-order valence-corrected chi connectivity index (χ1v) is 10.5. The van der Waals surface area contributed by atoms with Crippen molar-refractivity contribution in [2.75, 3.05) is 11.9 Å². The van der Waals surface area contributed by atoms with E-state index in [-0.39, 0.29) is 11.9 Å². The molecule has 0 bridgehead atoms. The van der Waals surface area contributed by atoms with E-state index in [1.165, 1.54) is 10.6 Å². The third-order valence-electron chi connectivity index (χ3n) is 5.32. The normalized spacial score (nSPS) is 15.9. The summed E-state index contributed by atoms with van der Waals surface area (Å²) in [5.74, 6) is 0.452. The molecule has 30 heavy (non-hydrogen) atoms. The molecule has 1 N–H and O–H groups in total. The number of carbonyl (C=O) groups is 1. The van der Waals surface area contributed by atoms with E-state index < -0.39 is 0 Å². The first-order valence-electron chi connectivity index (χ1n) is 10.1. The molecular formula is C25H24ClN3O. The zero-order valence-electron chi connectivity index (χ0n) is 17.0.